The van der Waals surface area contributed by atoms with Gasteiger partial charge in [-0.1, -0.05) is 29.8 Å². The van der Waals surface area contributed by atoms with Gasteiger partial charge in [0.1, 0.15) is 17.5 Å². The standard InChI is InChI=1S/C18H17F3N2O4/c1-10-3-5-12(6-4-10)15(11(2)23-17(26)18(19,20)21)27-13-7-8-14(16(24)25)22-9-13/h3-9,11,15H,1-2H3,(H,23,26)(H,24,25). The number of nitrogens with one attached hydrogen (secondary N) is 1. The minimum Gasteiger partial charge on any atom is -0.482 e. The SMILES string of the molecule is Cc1ccc(C(Oc2ccc(C(=O)O)nc2)C(C)NC(=O)C(F)(F)F)cc1. The van der Waals surface area contributed by atoms with Gasteiger partial charge in [0.05, 0.1) is 12.2 Å². The van der Waals surface area contributed by atoms with Crippen LogP contribution in [0.3, 0.4) is 0 Å². The second-order valence-corrected chi connectivity index (χ2v) is 5.89. The first-order valence-corrected chi connectivity index (χ1v) is 7.88. The fraction of sp³-hybridized carbons (Fsp3) is 0.278. The van der Waals surface area contributed by atoms with E-state index in [4.69, 9.17) is 9.84 Å². The summed E-state index contributed by atoms with van der Waals surface area (Å²) in [6.45, 7) is 3.23. The Morgan fingerprint density at radius 3 is 2.26 bits per heavy atom. The summed E-state index contributed by atoms with van der Waals surface area (Å²) in [5.74, 6) is -3.14. The molecule has 1 aromatic carbocycles. The first kappa shape index (κ1) is 20.2. The number of rotatable bonds is 6. The van der Waals surface area contributed by atoms with Crippen molar-refractivity contribution in [2.24, 2.45) is 0 Å². The van der Waals surface area contributed by atoms with Crippen LogP contribution in [0.5, 0.6) is 5.75 Å². The first-order chi connectivity index (χ1) is 12.6. The Hall–Kier alpha value is -3.10. The van der Waals surface area contributed by atoms with Gasteiger partial charge < -0.3 is 15.2 Å². The average molecular weight is 382 g/mol. The summed E-state index contributed by atoms with van der Waals surface area (Å²) in [5, 5.41) is 10.7. The number of aromatic carboxylic acids is 1. The lowest BCUT2D eigenvalue weighted by Crippen LogP contribution is -2.45. The molecule has 2 rings (SSSR count). The number of carboxylic acids is 1. The zero-order valence-corrected chi connectivity index (χ0v) is 14.4. The second kappa shape index (κ2) is 8.07. The third-order valence-electron chi connectivity index (χ3n) is 3.69. The van der Waals surface area contributed by atoms with Crippen molar-refractivity contribution in [1.29, 1.82) is 0 Å². The molecule has 0 saturated heterocycles. The largest absolute Gasteiger partial charge is 0.482 e. The molecule has 0 saturated carbocycles. The number of nitrogens with zero attached hydrogens (tertiary/aromatic N) is 1. The molecule has 0 bridgehead atoms. The summed E-state index contributed by atoms with van der Waals surface area (Å²) < 4.78 is 43.4. The number of ether oxygens (including phenoxy) is 1. The fourth-order valence-corrected chi connectivity index (χ4v) is 2.30. The van der Waals surface area contributed by atoms with Crippen LogP contribution in [0.1, 0.15) is 34.6 Å². The van der Waals surface area contributed by atoms with Gasteiger partial charge in [-0.25, -0.2) is 9.78 Å². The molecule has 6 nitrogen and oxygen atoms in total. The normalized spacial score (nSPS) is 13.5. The second-order valence-electron chi connectivity index (χ2n) is 5.89. The van der Waals surface area contributed by atoms with Crippen molar-refractivity contribution in [1.82, 2.24) is 10.3 Å². The van der Waals surface area contributed by atoms with Gasteiger partial charge in [-0.3, -0.25) is 4.79 Å². The minimum absolute atomic E-state index is 0.152. The summed E-state index contributed by atoms with van der Waals surface area (Å²) >= 11 is 0. The molecule has 0 fully saturated rings. The number of hydrogen-bond donors (Lipinski definition) is 2. The van der Waals surface area contributed by atoms with Gasteiger partial charge in [0.15, 0.2) is 0 Å². The lowest BCUT2D eigenvalue weighted by atomic mass is 10.0. The van der Waals surface area contributed by atoms with Gasteiger partial charge in [0, 0.05) is 0 Å². The van der Waals surface area contributed by atoms with Crippen LogP contribution in [-0.4, -0.2) is 34.2 Å². The van der Waals surface area contributed by atoms with Crippen molar-refractivity contribution in [2.75, 3.05) is 0 Å². The van der Waals surface area contributed by atoms with Crippen molar-refractivity contribution >= 4 is 11.9 Å². The number of benzene rings is 1. The van der Waals surface area contributed by atoms with E-state index in [-0.39, 0.29) is 11.4 Å². The highest BCUT2D eigenvalue weighted by Crippen LogP contribution is 2.26. The molecule has 27 heavy (non-hydrogen) atoms. The third-order valence-corrected chi connectivity index (χ3v) is 3.69. The smallest absolute Gasteiger partial charge is 0.471 e. The van der Waals surface area contributed by atoms with Crippen LogP contribution in [0.15, 0.2) is 42.6 Å². The van der Waals surface area contributed by atoms with Crippen molar-refractivity contribution in [2.45, 2.75) is 32.2 Å². The van der Waals surface area contributed by atoms with Crippen LogP contribution in [0.4, 0.5) is 13.2 Å². The Kier molecular flexibility index (Phi) is 6.04. The summed E-state index contributed by atoms with van der Waals surface area (Å²) in [5.41, 5.74) is 1.28. The summed E-state index contributed by atoms with van der Waals surface area (Å²) in [7, 11) is 0. The predicted molar refractivity (Wildman–Crippen MR) is 89.4 cm³/mol. The highest BCUT2D eigenvalue weighted by molar-refractivity contribution is 5.85. The van der Waals surface area contributed by atoms with Gasteiger partial charge in [0.2, 0.25) is 0 Å². The number of aromatic nitrogens is 1. The van der Waals surface area contributed by atoms with Gasteiger partial charge in [-0.05, 0) is 31.5 Å². The molecule has 0 aliphatic carbocycles. The maximum Gasteiger partial charge on any atom is 0.471 e. The van der Waals surface area contributed by atoms with Crippen LogP contribution in [0.2, 0.25) is 0 Å². The maximum atomic E-state index is 12.6. The number of amides is 1. The number of carbonyl (C=O) groups excluding carboxylic acids is 1. The fourth-order valence-electron chi connectivity index (χ4n) is 2.30. The van der Waals surface area contributed by atoms with Gasteiger partial charge in [-0.2, -0.15) is 13.2 Å². The van der Waals surface area contributed by atoms with E-state index >= 15 is 0 Å². The number of alkyl halides is 3. The zero-order chi connectivity index (χ0) is 20.2. The molecule has 2 unspecified atom stereocenters. The third kappa shape index (κ3) is 5.44. The Morgan fingerprint density at radius 2 is 1.78 bits per heavy atom. The Balaban J connectivity index is 2.27. The number of aryl methyl sites for hydroxylation is 1. The van der Waals surface area contributed by atoms with Gasteiger partial charge in [-0.15, -0.1) is 0 Å². The molecule has 1 amide bonds. The molecule has 0 aliphatic heterocycles. The van der Waals surface area contributed by atoms with Crippen LogP contribution in [-0.2, 0) is 4.79 Å². The van der Waals surface area contributed by atoms with Gasteiger partial charge >= 0.3 is 18.1 Å². The first-order valence-electron chi connectivity index (χ1n) is 7.88. The van der Waals surface area contributed by atoms with E-state index in [1.165, 1.54) is 19.1 Å². The van der Waals surface area contributed by atoms with Crippen molar-refractivity contribution in [3.8, 4) is 5.75 Å². The van der Waals surface area contributed by atoms with E-state index in [9.17, 15) is 22.8 Å². The molecular formula is C18H17F3N2O4. The highest BCUT2D eigenvalue weighted by Gasteiger charge is 2.40. The molecule has 2 aromatic rings. The molecule has 0 spiro atoms. The van der Waals surface area contributed by atoms with E-state index in [1.807, 2.05) is 12.2 Å². The number of carboxylic acid groups (broad SMARTS) is 1. The molecule has 1 heterocycles. The molecule has 1 aromatic heterocycles. The summed E-state index contributed by atoms with van der Waals surface area (Å²) in [6, 6.07) is 8.40. The Bertz CT molecular complexity index is 805. The van der Waals surface area contributed by atoms with Crippen molar-refractivity contribution < 1.29 is 32.6 Å². The number of carbonyl (C=O) groups is 2. The number of halogens is 3. The molecule has 0 aliphatic rings. The quantitative estimate of drug-likeness (QED) is 0.801. The Morgan fingerprint density at radius 1 is 1.15 bits per heavy atom. The van der Waals surface area contributed by atoms with Crippen molar-refractivity contribution in [3.63, 3.8) is 0 Å². The molecule has 0 radical (unpaired) electrons. The lowest BCUT2D eigenvalue weighted by Gasteiger charge is -2.27. The summed E-state index contributed by atoms with van der Waals surface area (Å²) in [6.07, 6.45) is -4.81. The monoisotopic (exact) mass is 382 g/mol. The van der Waals surface area contributed by atoms with E-state index < -0.39 is 30.2 Å². The highest BCUT2D eigenvalue weighted by atomic mass is 19.4. The predicted octanol–water partition coefficient (Wildman–Crippen LogP) is 3.28. The zero-order valence-electron chi connectivity index (χ0n) is 14.4. The van der Waals surface area contributed by atoms with Crippen LogP contribution >= 0.6 is 0 Å². The molecule has 2 atom stereocenters. The molecule has 9 heteroatoms. The minimum atomic E-state index is -5.02. The molecule has 144 valence electrons. The van der Waals surface area contributed by atoms with Crippen LogP contribution in [0.25, 0.3) is 0 Å². The van der Waals surface area contributed by atoms with E-state index in [2.05, 4.69) is 4.98 Å². The number of pyridine rings is 1. The maximum absolute atomic E-state index is 12.6. The van der Waals surface area contributed by atoms with E-state index in [1.54, 1.807) is 24.3 Å². The average Bonchev–Trinajstić information content (AvgIpc) is 2.60. The topological polar surface area (TPSA) is 88.5 Å². The van der Waals surface area contributed by atoms with Crippen LogP contribution in [0, 0.1) is 6.92 Å². The van der Waals surface area contributed by atoms with Crippen LogP contribution < -0.4 is 10.1 Å². The molecular weight excluding hydrogens is 365 g/mol. The Labute approximate surface area is 153 Å². The summed E-state index contributed by atoms with van der Waals surface area (Å²) in [4.78, 5) is 25.8. The molecule has 2 N–H and O–H groups in total. The number of hydrogen-bond acceptors (Lipinski definition) is 4. The van der Waals surface area contributed by atoms with Crippen molar-refractivity contribution in [3.05, 3.63) is 59.4 Å². The van der Waals surface area contributed by atoms with E-state index in [0.29, 0.717) is 5.56 Å². The van der Waals surface area contributed by atoms with E-state index in [0.717, 1.165) is 11.8 Å². The van der Waals surface area contributed by atoms with Gasteiger partial charge in [0.25, 0.3) is 0 Å². The lowest BCUT2D eigenvalue weighted by molar-refractivity contribution is -0.174.